The summed E-state index contributed by atoms with van der Waals surface area (Å²) in [7, 11) is -4.05. The van der Waals surface area contributed by atoms with Gasteiger partial charge in [-0.1, -0.05) is 6.08 Å². The van der Waals surface area contributed by atoms with Crippen molar-refractivity contribution in [1.29, 1.82) is 0 Å². The zero-order chi connectivity index (χ0) is 13.2. The first kappa shape index (κ1) is 15.0. The van der Waals surface area contributed by atoms with Crippen LogP contribution in [0.25, 0.3) is 0 Å². The summed E-state index contributed by atoms with van der Waals surface area (Å²) >= 11 is 0. The summed E-state index contributed by atoms with van der Waals surface area (Å²) in [6.07, 6.45) is -2.60. The van der Waals surface area contributed by atoms with Gasteiger partial charge < -0.3 is 4.74 Å². The van der Waals surface area contributed by atoms with Crippen LogP contribution < -0.4 is 4.72 Å². The molecule has 8 heteroatoms. The fourth-order valence-corrected chi connectivity index (χ4v) is 1.10. The summed E-state index contributed by atoms with van der Waals surface area (Å²) in [5.74, 6) is -2.04. The maximum absolute atomic E-state index is 13.1. The highest BCUT2D eigenvalue weighted by atomic mass is 32.2. The molecule has 0 saturated carbocycles. The number of halogens is 2. The van der Waals surface area contributed by atoms with Crippen molar-refractivity contribution < 1.29 is 26.7 Å². The van der Waals surface area contributed by atoms with Crippen LogP contribution in [0, 0.1) is 0 Å². The van der Waals surface area contributed by atoms with Crippen molar-refractivity contribution in [2.75, 3.05) is 6.26 Å². The molecule has 1 amide bonds. The lowest BCUT2D eigenvalue weighted by Gasteiger charge is -2.26. The minimum atomic E-state index is -4.25. The van der Waals surface area contributed by atoms with Crippen LogP contribution in [0.5, 0.6) is 0 Å². The van der Waals surface area contributed by atoms with Crippen molar-refractivity contribution in [1.82, 2.24) is 4.72 Å². The molecule has 0 aromatic heterocycles. The summed E-state index contributed by atoms with van der Waals surface area (Å²) < 4.78 is 52.6. The van der Waals surface area contributed by atoms with Crippen LogP contribution in [0.1, 0.15) is 13.8 Å². The molecule has 0 bridgehead atoms. The Morgan fingerprint density at radius 2 is 1.88 bits per heavy atom. The number of ether oxygens (including phenoxy) is 1. The number of amides is 1. The Labute approximate surface area is 92.5 Å². The molecule has 0 atom stereocenters. The molecular weight excluding hydrogens is 244 g/mol. The molecule has 0 aromatic rings. The van der Waals surface area contributed by atoms with E-state index in [1.165, 1.54) is 13.8 Å². The SMILES string of the molecule is C=CC(C)(C)OC(F)(F)C(=O)NS(C)(=O)=O. The van der Waals surface area contributed by atoms with Crippen molar-refractivity contribution >= 4 is 15.9 Å². The molecule has 0 aliphatic heterocycles. The van der Waals surface area contributed by atoms with Crippen molar-refractivity contribution in [2.45, 2.75) is 25.6 Å². The second-order valence-electron chi connectivity index (χ2n) is 3.63. The fraction of sp³-hybridized carbons (Fsp3) is 0.625. The average molecular weight is 257 g/mol. The second kappa shape index (κ2) is 4.46. The van der Waals surface area contributed by atoms with Gasteiger partial charge in [0, 0.05) is 0 Å². The van der Waals surface area contributed by atoms with Gasteiger partial charge in [-0.15, -0.1) is 6.58 Å². The summed E-state index contributed by atoms with van der Waals surface area (Å²) in [4.78, 5) is 10.9. The number of nitrogens with one attached hydrogen (secondary N) is 1. The molecule has 0 unspecified atom stereocenters. The summed E-state index contributed by atoms with van der Waals surface area (Å²) in [5, 5.41) is 0. The third-order valence-corrected chi connectivity index (χ3v) is 1.98. The van der Waals surface area contributed by atoms with E-state index in [2.05, 4.69) is 11.3 Å². The highest BCUT2D eigenvalue weighted by molar-refractivity contribution is 7.89. The highest BCUT2D eigenvalue weighted by Gasteiger charge is 2.45. The lowest BCUT2D eigenvalue weighted by molar-refractivity contribution is -0.259. The molecule has 16 heavy (non-hydrogen) atoms. The van der Waals surface area contributed by atoms with Crippen molar-refractivity contribution in [3.05, 3.63) is 12.7 Å². The standard InChI is InChI=1S/C8H13F2NO4S/c1-5-7(2,3)15-8(9,10)6(12)11-16(4,13)14/h5H,1H2,2-4H3,(H,11,12). The quantitative estimate of drug-likeness (QED) is 0.733. The maximum atomic E-state index is 13.1. The number of carbonyl (C=O) groups excluding carboxylic acids is 1. The maximum Gasteiger partial charge on any atom is 0.438 e. The Balaban J connectivity index is 4.80. The molecule has 94 valence electrons. The van der Waals surface area contributed by atoms with Crippen LogP contribution >= 0.6 is 0 Å². The first-order chi connectivity index (χ1) is 6.90. The summed E-state index contributed by atoms with van der Waals surface area (Å²) in [5.41, 5.74) is -1.46. The predicted molar refractivity (Wildman–Crippen MR) is 53.3 cm³/mol. The van der Waals surface area contributed by atoms with E-state index in [4.69, 9.17) is 0 Å². The normalized spacial score (nSPS) is 13.3. The summed E-state index contributed by atoms with van der Waals surface area (Å²) in [6, 6.07) is 0. The first-order valence-electron chi connectivity index (χ1n) is 4.13. The van der Waals surface area contributed by atoms with Crippen LogP contribution in [0.3, 0.4) is 0 Å². The third-order valence-electron chi connectivity index (χ3n) is 1.43. The van der Waals surface area contributed by atoms with Gasteiger partial charge >= 0.3 is 12.0 Å². The number of hydrogen-bond donors (Lipinski definition) is 1. The number of carbonyl (C=O) groups is 1. The molecule has 0 fully saturated rings. The topological polar surface area (TPSA) is 72.5 Å². The van der Waals surface area contributed by atoms with Crippen molar-refractivity contribution in [3.8, 4) is 0 Å². The van der Waals surface area contributed by atoms with Gasteiger partial charge in [0.15, 0.2) is 0 Å². The van der Waals surface area contributed by atoms with Crippen LogP contribution in [0.2, 0.25) is 0 Å². The monoisotopic (exact) mass is 257 g/mol. The van der Waals surface area contributed by atoms with E-state index in [1.807, 2.05) is 0 Å². The molecular formula is C8H13F2NO4S. The summed E-state index contributed by atoms with van der Waals surface area (Å²) in [6.45, 7) is 5.75. The molecule has 0 rings (SSSR count). The molecule has 0 aliphatic carbocycles. The van der Waals surface area contributed by atoms with Gasteiger partial charge in [-0.3, -0.25) is 4.79 Å². The van der Waals surface area contributed by atoms with E-state index in [9.17, 15) is 22.0 Å². The van der Waals surface area contributed by atoms with Crippen LogP contribution in [-0.2, 0) is 19.6 Å². The van der Waals surface area contributed by atoms with Gasteiger partial charge in [-0.05, 0) is 13.8 Å². The predicted octanol–water partition coefficient (Wildman–Crippen LogP) is 0.636. The molecule has 0 saturated heterocycles. The largest absolute Gasteiger partial charge is 0.438 e. The van der Waals surface area contributed by atoms with Crippen molar-refractivity contribution in [3.63, 3.8) is 0 Å². The van der Waals surface area contributed by atoms with Gasteiger partial charge in [0.1, 0.15) is 0 Å². The van der Waals surface area contributed by atoms with E-state index < -0.39 is 27.6 Å². The minimum Gasteiger partial charge on any atom is -0.302 e. The third kappa shape index (κ3) is 5.17. The number of rotatable bonds is 5. The molecule has 0 spiro atoms. The lowest BCUT2D eigenvalue weighted by Crippen LogP contribution is -2.47. The lowest BCUT2D eigenvalue weighted by atomic mass is 10.1. The molecule has 0 aliphatic rings. The minimum absolute atomic E-state index is 0.583. The van der Waals surface area contributed by atoms with Gasteiger partial charge in [-0.2, -0.15) is 8.78 Å². The zero-order valence-corrected chi connectivity index (χ0v) is 9.90. The van der Waals surface area contributed by atoms with E-state index in [1.54, 1.807) is 0 Å². The van der Waals surface area contributed by atoms with Gasteiger partial charge in [0.25, 0.3) is 0 Å². The number of sulfonamides is 1. The first-order valence-corrected chi connectivity index (χ1v) is 6.02. The van der Waals surface area contributed by atoms with E-state index in [-0.39, 0.29) is 0 Å². The van der Waals surface area contributed by atoms with Gasteiger partial charge in [0.2, 0.25) is 10.0 Å². The average Bonchev–Trinajstić information content (AvgIpc) is 1.99. The number of hydrogen-bond acceptors (Lipinski definition) is 4. The van der Waals surface area contributed by atoms with Crippen LogP contribution in [-0.4, -0.2) is 32.3 Å². The van der Waals surface area contributed by atoms with Crippen LogP contribution in [0.15, 0.2) is 12.7 Å². The van der Waals surface area contributed by atoms with Crippen molar-refractivity contribution in [2.24, 2.45) is 0 Å². The molecule has 1 N–H and O–H groups in total. The smallest absolute Gasteiger partial charge is 0.302 e. The van der Waals surface area contributed by atoms with Crippen LogP contribution in [0.4, 0.5) is 8.78 Å². The van der Waals surface area contributed by atoms with E-state index in [0.29, 0.717) is 6.26 Å². The van der Waals surface area contributed by atoms with Gasteiger partial charge in [-0.25, -0.2) is 13.1 Å². The van der Waals surface area contributed by atoms with Gasteiger partial charge in [0.05, 0.1) is 11.9 Å². The number of alkyl halides is 2. The molecule has 0 heterocycles. The zero-order valence-electron chi connectivity index (χ0n) is 9.08. The fourth-order valence-electron chi connectivity index (χ4n) is 0.646. The Kier molecular flexibility index (Phi) is 4.18. The van der Waals surface area contributed by atoms with E-state index in [0.717, 1.165) is 10.8 Å². The molecule has 5 nitrogen and oxygen atoms in total. The molecule has 0 radical (unpaired) electrons. The molecule has 0 aromatic carbocycles. The van der Waals surface area contributed by atoms with E-state index >= 15 is 0 Å². The second-order valence-corrected chi connectivity index (χ2v) is 5.38. The Hall–Kier alpha value is -1.02. The Bertz CT molecular complexity index is 389. The highest BCUT2D eigenvalue weighted by Crippen LogP contribution is 2.24. The Morgan fingerprint density at radius 1 is 1.44 bits per heavy atom. The Morgan fingerprint density at radius 3 is 2.19 bits per heavy atom.